The number of amides is 1. The second-order valence-electron chi connectivity index (χ2n) is 9.36. The Morgan fingerprint density at radius 1 is 1.07 bits per heavy atom. The molecule has 0 saturated carbocycles. The minimum Gasteiger partial charge on any atom is -0.355 e. The molecule has 0 aliphatic rings. The number of nitrogens with two attached hydrogens (primary N) is 1. The van der Waals surface area contributed by atoms with Gasteiger partial charge in [-0.1, -0.05) is 35.9 Å². The second kappa shape index (κ2) is 13.7. The van der Waals surface area contributed by atoms with Gasteiger partial charge in [0.2, 0.25) is 15.9 Å². The molecule has 1 aromatic heterocycles. The maximum Gasteiger partial charge on any atom is 0.274 e. The van der Waals surface area contributed by atoms with Crippen molar-refractivity contribution in [2.45, 2.75) is 44.6 Å². The van der Waals surface area contributed by atoms with Gasteiger partial charge in [-0.25, -0.2) is 18.3 Å². The summed E-state index contributed by atoms with van der Waals surface area (Å²) in [6.45, 7) is 5.51. The molecule has 0 bridgehead atoms. The number of sulfonamides is 1. The highest BCUT2D eigenvalue weighted by Crippen LogP contribution is 2.33. The van der Waals surface area contributed by atoms with Crippen LogP contribution >= 0.6 is 11.6 Å². The van der Waals surface area contributed by atoms with E-state index in [1.807, 2.05) is 44.2 Å². The zero-order chi connectivity index (χ0) is 29.5. The zero-order valence-electron chi connectivity index (χ0n) is 22.6. The first-order valence-corrected chi connectivity index (χ1v) is 16.0. The molecule has 0 aliphatic carbocycles. The first-order chi connectivity index (χ1) is 18.8. The van der Waals surface area contributed by atoms with Crippen molar-refractivity contribution in [2.24, 2.45) is 5.14 Å². The smallest absolute Gasteiger partial charge is 0.274 e. The first-order valence-electron chi connectivity index (χ1n) is 12.6. The summed E-state index contributed by atoms with van der Waals surface area (Å²) in [5.41, 5.74) is 4.17. The van der Waals surface area contributed by atoms with Gasteiger partial charge < -0.3 is 5.32 Å². The standard InChI is InChI=1S/C27H34ClN5O5S2/c1-19-18-30-13-12-24(19)23-8-4-7-22(17-23)21(3)33(39(35,36)26-10-5-9-25(28)20(26)2)16-6-11-27(34)31-14-15-32-40(29,37)38/h4-5,7-10,12-13,17-18,21,32H,6,11,14-16H2,1-3H3,(H,31,34)(H2,29,37,38)/t21-/m0/s1. The molecular weight excluding hydrogens is 574 g/mol. The van der Waals surface area contributed by atoms with E-state index < -0.39 is 26.3 Å². The van der Waals surface area contributed by atoms with Gasteiger partial charge in [0.15, 0.2) is 0 Å². The molecular formula is C27H34ClN5O5S2. The van der Waals surface area contributed by atoms with Crippen LogP contribution < -0.4 is 15.2 Å². The average Bonchev–Trinajstić information content (AvgIpc) is 2.90. The normalized spacial score (nSPS) is 12.8. The topological polar surface area (TPSA) is 152 Å². The Kier molecular flexibility index (Phi) is 10.8. The van der Waals surface area contributed by atoms with Crippen LogP contribution in [0, 0.1) is 13.8 Å². The summed E-state index contributed by atoms with van der Waals surface area (Å²) in [4.78, 5) is 16.6. The second-order valence-corrected chi connectivity index (χ2v) is 13.0. The van der Waals surface area contributed by atoms with Gasteiger partial charge in [0.25, 0.3) is 10.2 Å². The van der Waals surface area contributed by atoms with E-state index in [2.05, 4.69) is 15.0 Å². The Morgan fingerprint density at radius 3 is 2.50 bits per heavy atom. The summed E-state index contributed by atoms with van der Waals surface area (Å²) in [6.07, 6.45) is 3.77. The highest BCUT2D eigenvalue weighted by Gasteiger charge is 2.31. The predicted octanol–water partition coefficient (Wildman–Crippen LogP) is 3.46. The molecule has 0 aliphatic heterocycles. The largest absolute Gasteiger partial charge is 0.355 e. The van der Waals surface area contributed by atoms with E-state index in [0.717, 1.165) is 22.3 Å². The minimum atomic E-state index is -4.01. The van der Waals surface area contributed by atoms with Crippen molar-refractivity contribution in [2.75, 3.05) is 19.6 Å². The predicted molar refractivity (Wildman–Crippen MR) is 156 cm³/mol. The number of aryl methyl sites for hydroxylation is 1. The lowest BCUT2D eigenvalue weighted by Crippen LogP contribution is -2.38. The van der Waals surface area contributed by atoms with Gasteiger partial charge in [0, 0.05) is 49.5 Å². The molecule has 1 atom stereocenters. The molecule has 1 amide bonds. The Morgan fingerprint density at radius 2 is 1.80 bits per heavy atom. The van der Waals surface area contributed by atoms with Crippen LogP contribution in [0.15, 0.2) is 65.8 Å². The van der Waals surface area contributed by atoms with E-state index in [0.29, 0.717) is 10.6 Å². The SMILES string of the molecule is Cc1cnccc1-c1cccc([C@H](C)N(CCCC(=O)NCCNS(N)(=O)=O)S(=O)(=O)c2cccc(Cl)c2C)c1. The maximum absolute atomic E-state index is 14.0. The molecule has 0 radical (unpaired) electrons. The van der Waals surface area contributed by atoms with Crippen LogP contribution in [0.5, 0.6) is 0 Å². The molecule has 216 valence electrons. The molecule has 0 spiro atoms. The van der Waals surface area contributed by atoms with Crippen molar-refractivity contribution < 1.29 is 21.6 Å². The highest BCUT2D eigenvalue weighted by atomic mass is 35.5. The van der Waals surface area contributed by atoms with Crippen molar-refractivity contribution in [3.8, 4) is 11.1 Å². The Labute approximate surface area is 241 Å². The fourth-order valence-electron chi connectivity index (χ4n) is 4.32. The van der Waals surface area contributed by atoms with Crippen LogP contribution in [-0.4, -0.2) is 51.7 Å². The number of carbonyl (C=O) groups is 1. The lowest BCUT2D eigenvalue weighted by molar-refractivity contribution is -0.121. The van der Waals surface area contributed by atoms with E-state index >= 15 is 0 Å². The minimum absolute atomic E-state index is 0.0406. The van der Waals surface area contributed by atoms with Crippen LogP contribution in [0.25, 0.3) is 11.1 Å². The van der Waals surface area contributed by atoms with Gasteiger partial charge >= 0.3 is 0 Å². The van der Waals surface area contributed by atoms with Gasteiger partial charge in [0.05, 0.1) is 4.90 Å². The Balaban J connectivity index is 1.85. The number of hydrogen-bond acceptors (Lipinski definition) is 6. The Bertz CT molecular complexity index is 1560. The summed E-state index contributed by atoms with van der Waals surface area (Å²) in [5, 5.41) is 7.82. The summed E-state index contributed by atoms with van der Waals surface area (Å²) in [7, 11) is -7.85. The lowest BCUT2D eigenvalue weighted by atomic mass is 9.98. The molecule has 10 nitrogen and oxygen atoms in total. The van der Waals surface area contributed by atoms with Crippen molar-refractivity contribution >= 4 is 37.7 Å². The average molecular weight is 608 g/mol. The molecule has 4 N–H and O–H groups in total. The van der Waals surface area contributed by atoms with Gasteiger partial charge in [-0.3, -0.25) is 9.78 Å². The number of rotatable bonds is 13. The van der Waals surface area contributed by atoms with Crippen LogP contribution in [0.1, 0.15) is 42.5 Å². The zero-order valence-corrected chi connectivity index (χ0v) is 25.0. The third-order valence-electron chi connectivity index (χ3n) is 6.47. The summed E-state index contributed by atoms with van der Waals surface area (Å²) in [5.74, 6) is -0.338. The highest BCUT2D eigenvalue weighted by molar-refractivity contribution is 7.89. The maximum atomic E-state index is 14.0. The van der Waals surface area contributed by atoms with Crippen molar-refractivity contribution in [1.29, 1.82) is 0 Å². The van der Waals surface area contributed by atoms with E-state index in [-0.39, 0.29) is 43.3 Å². The molecule has 13 heteroatoms. The number of carbonyl (C=O) groups excluding carboxylic acids is 1. The van der Waals surface area contributed by atoms with Crippen molar-refractivity contribution in [3.05, 3.63) is 82.6 Å². The van der Waals surface area contributed by atoms with Crippen molar-refractivity contribution in [3.63, 3.8) is 0 Å². The number of hydrogen-bond donors (Lipinski definition) is 3. The molecule has 3 aromatic rings. The van der Waals surface area contributed by atoms with Gasteiger partial charge in [-0.15, -0.1) is 0 Å². The third-order valence-corrected chi connectivity index (χ3v) is 9.60. The Hall–Kier alpha value is -2.87. The van der Waals surface area contributed by atoms with Crippen LogP contribution in [-0.2, 0) is 25.0 Å². The number of aromatic nitrogens is 1. The van der Waals surface area contributed by atoms with Gasteiger partial charge in [0.1, 0.15) is 0 Å². The molecule has 2 aromatic carbocycles. The van der Waals surface area contributed by atoms with Crippen molar-refractivity contribution in [1.82, 2.24) is 19.3 Å². The summed E-state index contributed by atoms with van der Waals surface area (Å²) < 4.78 is 53.4. The van der Waals surface area contributed by atoms with Crippen LogP contribution in [0.2, 0.25) is 5.02 Å². The van der Waals surface area contributed by atoms with E-state index in [9.17, 15) is 21.6 Å². The fourth-order valence-corrected chi connectivity index (χ4v) is 6.85. The summed E-state index contributed by atoms with van der Waals surface area (Å²) in [6, 6.07) is 13.8. The molecule has 3 rings (SSSR count). The number of nitrogens with zero attached hydrogens (tertiary/aromatic N) is 2. The number of nitrogens with one attached hydrogen (secondary N) is 2. The van der Waals surface area contributed by atoms with Gasteiger partial charge in [-0.05, 0) is 79.3 Å². The molecule has 0 saturated heterocycles. The first kappa shape index (κ1) is 31.7. The van der Waals surface area contributed by atoms with E-state index in [1.54, 1.807) is 31.5 Å². The summed E-state index contributed by atoms with van der Waals surface area (Å²) >= 11 is 6.27. The lowest BCUT2D eigenvalue weighted by Gasteiger charge is -2.30. The quantitative estimate of drug-likeness (QED) is 0.253. The van der Waals surface area contributed by atoms with E-state index in [4.69, 9.17) is 16.7 Å². The third kappa shape index (κ3) is 8.32. The monoisotopic (exact) mass is 607 g/mol. The molecule has 40 heavy (non-hydrogen) atoms. The molecule has 0 unspecified atom stereocenters. The van der Waals surface area contributed by atoms with E-state index in [1.165, 1.54) is 10.4 Å². The van der Waals surface area contributed by atoms with Gasteiger partial charge in [-0.2, -0.15) is 12.7 Å². The fraction of sp³-hybridized carbons (Fsp3) is 0.333. The number of benzene rings is 2. The van der Waals surface area contributed by atoms with Crippen LogP contribution in [0.4, 0.5) is 0 Å². The molecule has 1 heterocycles. The number of pyridine rings is 1. The van der Waals surface area contributed by atoms with Crippen LogP contribution in [0.3, 0.4) is 0 Å². The number of halogens is 1. The molecule has 0 fully saturated rings.